The first kappa shape index (κ1) is 22.7. The second kappa shape index (κ2) is 9.02. The highest BCUT2D eigenvalue weighted by atomic mass is 32.2. The van der Waals surface area contributed by atoms with Gasteiger partial charge in [-0.05, 0) is 29.0 Å². The average molecular weight is 454 g/mol. The van der Waals surface area contributed by atoms with E-state index in [1.54, 1.807) is 30.3 Å². The zero-order valence-electron chi connectivity index (χ0n) is 16.4. The van der Waals surface area contributed by atoms with Crippen molar-refractivity contribution in [1.29, 1.82) is 0 Å². The van der Waals surface area contributed by atoms with E-state index in [1.165, 1.54) is 12.1 Å². The second-order valence-electron chi connectivity index (χ2n) is 6.63. The van der Waals surface area contributed by atoms with Crippen molar-refractivity contribution in [1.82, 2.24) is 0 Å². The average Bonchev–Trinajstić information content (AvgIpc) is 2.77. The summed E-state index contributed by atoms with van der Waals surface area (Å²) in [6.07, 6.45) is 0. The summed E-state index contributed by atoms with van der Waals surface area (Å²) < 4.78 is 31.4. The lowest BCUT2D eigenvalue weighted by atomic mass is 10.0. The van der Waals surface area contributed by atoms with Gasteiger partial charge in [0.15, 0.2) is 0 Å². The molecule has 0 radical (unpaired) electrons. The van der Waals surface area contributed by atoms with Gasteiger partial charge in [0.25, 0.3) is 10.1 Å². The van der Waals surface area contributed by atoms with E-state index >= 15 is 0 Å². The molecule has 0 unspecified atom stereocenters. The van der Waals surface area contributed by atoms with Crippen LogP contribution in [0, 0.1) is 0 Å². The van der Waals surface area contributed by atoms with Gasteiger partial charge in [0.1, 0.15) is 4.90 Å². The van der Waals surface area contributed by atoms with E-state index < -0.39 is 27.0 Å². The van der Waals surface area contributed by atoms with Crippen molar-refractivity contribution in [3.8, 4) is 0 Å². The number of anilines is 1. The molecular formula is C22H18N2O7S. The van der Waals surface area contributed by atoms with Crippen molar-refractivity contribution >= 4 is 49.3 Å². The Morgan fingerprint density at radius 3 is 1.94 bits per heavy atom. The number of nitrogens with two attached hydrogens (primary N) is 1. The van der Waals surface area contributed by atoms with Gasteiger partial charge in [-0.25, -0.2) is 9.59 Å². The Kier molecular flexibility index (Phi) is 6.40. The first-order chi connectivity index (χ1) is 15.1. The third-order valence-corrected chi connectivity index (χ3v) is 5.55. The molecule has 4 aromatic rings. The van der Waals surface area contributed by atoms with Crippen LogP contribution in [-0.2, 0) is 10.1 Å². The van der Waals surface area contributed by atoms with Crippen LogP contribution in [0.25, 0.3) is 21.5 Å². The number of hydrazine groups is 1. The van der Waals surface area contributed by atoms with Crippen LogP contribution in [0.5, 0.6) is 0 Å². The summed E-state index contributed by atoms with van der Waals surface area (Å²) in [5.41, 5.74) is 2.88. The van der Waals surface area contributed by atoms with E-state index in [9.17, 15) is 18.0 Å². The number of benzene rings is 4. The number of aromatic carboxylic acids is 2. The molecule has 0 amide bonds. The standard InChI is InChI=1S/C11H10N2O2.C11H8O5S/c12-13-10-8-4-2-1-3-7(8)5-6-9(10)11(14)15;12-11(13)8-5-7-3-1-2-4-9(7)10(6-8)17(14,15)16/h1-6,13H,12H2,(H,14,15);1-6H,(H,12,13)(H,14,15,16). The minimum absolute atomic E-state index is 0.177. The van der Waals surface area contributed by atoms with Crippen LogP contribution in [0.3, 0.4) is 0 Å². The van der Waals surface area contributed by atoms with E-state index in [1.807, 2.05) is 24.3 Å². The third kappa shape index (κ3) is 4.67. The fourth-order valence-corrected chi connectivity index (χ4v) is 3.96. The maximum absolute atomic E-state index is 11.2. The smallest absolute Gasteiger partial charge is 0.337 e. The molecule has 6 N–H and O–H groups in total. The van der Waals surface area contributed by atoms with Crippen molar-refractivity contribution in [2.24, 2.45) is 5.84 Å². The summed E-state index contributed by atoms with van der Waals surface area (Å²) in [7, 11) is -4.45. The van der Waals surface area contributed by atoms with Gasteiger partial charge in [-0.2, -0.15) is 8.42 Å². The first-order valence-corrected chi connectivity index (χ1v) is 10.5. The van der Waals surface area contributed by atoms with Gasteiger partial charge in [-0.3, -0.25) is 10.4 Å². The Bertz CT molecular complexity index is 1450. The highest BCUT2D eigenvalue weighted by Gasteiger charge is 2.17. The van der Waals surface area contributed by atoms with Gasteiger partial charge >= 0.3 is 11.9 Å². The highest BCUT2D eigenvalue weighted by molar-refractivity contribution is 7.86. The van der Waals surface area contributed by atoms with Gasteiger partial charge in [0, 0.05) is 10.8 Å². The lowest BCUT2D eigenvalue weighted by molar-refractivity contribution is 0.0686. The monoisotopic (exact) mass is 454 g/mol. The lowest BCUT2D eigenvalue weighted by Gasteiger charge is -2.08. The van der Waals surface area contributed by atoms with E-state index in [-0.39, 0.29) is 11.1 Å². The van der Waals surface area contributed by atoms with Crippen molar-refractivity contribution in [3.63, 3.8) is 0 Å². The third-order valence-electron chi connectivity index (χ3n) is 4.65. The number of carbonyl (C=O) groups is 2. The molecule has 4 aromatic carbocycles. The van der Waals surface area contributed by atoms with Gasteiger partial charge in [-0.1, -0.05) is 54.6 Å². The number of rotatable bonds is 4. The highest BCUT2D eigenvalue weighted by Crippen LogP contribution is 2.27. The lowest BCUT2D eigenvalue weighted by Crippen LogP contribution is -2.12. The number of carboxylic acids is 2. The Labute approximate surface area is 182 Å². The Morgan fingerprint density at radius 2 is 1.38 bits per heavy atom. The Balaban J connectivity index is 0.000000182. The predicted molar refractivity (Wildman–Crippen MR) is 119 cm³/mol. The number of hydrogen-bond acceptors (Lipinski definition) is 6. The van der Waals surface area contributed by atoms with E-state index in [2.05, 4.69) is 5.43 Å². The molecule has 0 heterocycles. The Hall–Kier alpha value is -3.99. The molecule has 32 heavy (non-hydrogen) atoms. The van der Waals surface area contributed by atoms with Gasteiger partial charge < -0.3 is 15.6 Å². The molecule has 0 aliphatic carbocycles. The van der Waals surface area contributed by atoms with Crippen LogP contribution >= 0.6 is 0 Å². The minimum atomic E-state index is -4.45. The van der Waals surface area contributed by atoms with Gasteiger partial charge in [-0.15, -0.1) is 0 Å². The molecule has 0 bridgehead atoms. The van der Waals surface area contributed by atoms with E-state index in [0.717, 1.165) is 16.8 Å². The van der Waals surface area contributed by atoms with Crippen molar-refractivity contribution < 1.29 is 32.8 Å². The van der Waals surface area contributed by atoms with Crippen molar-refractivity contribution in [2.45, 2.75) is 4.90 Å². The number of fused-ring (bicyclic) bond motifs is 2. The molecule has 0 atom stereocenters. The van der Waals surface area contributed by atoms with Crippen molar-refractivity contribution in [3.05, 3.63) is 83.9 Å². The summed E-state index contributed by atoms with van der Waals surface area (Å²) >= 11 is 0. The molecule has 0 aliphatic heterocycles. The first-order valence-electron chi connectivity index (χ1n) is 9.08. The molecule has 0 aromatic heterocycles. The molecule has 0 fully saturated rings. The van der Waals surface area contributed by atoms with Crippen LogP contribution in [0.15, 0.2) is 77.7 Å². The topological polar surface area (TPSA) is 167 Å². The maximum Gasteiger partial charge on any atom is 0.337 e. The van der Waals surface area contributed by atoms with E-state index in [4.69, 9.17) is 20.6 Å². The fraction of sp³-hybridized carbons (Fsp3) is 0. The molecule has 4 rings (SSSR count). The van der Waals surface area contributed by atoms with Crippen LogP contribution in [-0.4, -0.2) is 35.1 Å². The molecule has 164 valence electrons. The quantitative estimate of drug-likeness (QED) is 0.176. The van der Waals surface area contributed by atoms with Crippen LogP contribution in [0.4, 0.5) is 5.69 Å². The molecule has 9 nitrogen and oxygen atoms in total. The molecule has 10 heteroatoms. The summed E-state index contributed by atoms with van der Waals surface area (Å²) in [4.78, 5) is 21.4. The second-order valence-corrected chi connectivity index (χ2v) is 8.02. The van der Waals surface area contributed by atoms with E-state index in [0.29, 0.717) is 16.5 Å². The number of carboxylic acid groups (broad SMARTS) is 2. The molecule has 0 spiro atoms. The maximum atomic E-state index is 11.2. The molecule has 0 saturated carbocycles. The normalized spacial score (nSPS) is 10.9. The fourth-order valence-electron chi connectivity index (χ4n) is 3.22. The summed E-state index contributed by atoms with van der Waals surface area (Å²) in [6, 6.07) is 19.4. The van der Waals surface area contributed by atoms with Crippen LogP contribution < -0.4 is 11.3 Å². The zero-order chi connectivity index (χ0) is 23.5. The number of hydrogen-bond donors (Lipinski definition) is 5. The largest absolute Gasteiger partial charge is 0.478 e. The number of nitrogen functional groups attached to an aromatic ring is 1. The van der Waals surface area contributed by atoms with Crippen LogP contribution in [0.2, 0.25) is 0 Å². The number of nitrogens with one attached hydrogen (secondary N) is 1. The van der Waals surface area contributed by atoms with Crippen molar-refractivity contribution in [2.75, 3.05) is 5.43 Å². The Morgan fingerprint density at radius 1 is 0.781 bits per heavy atom. The summed E-state index contributed by atoms with van der Waals surface area (Å²) in [5.74, 6) is 3.10. The summed E-state index contributed by atoms with van der Waals surface area (Å²) in [5, 5.41) is 20.3. The SMILES string of the molecule is NNc1c(C(=O)O)ccc2ccccc12.O=C(O)c1cc(S(=O)(=O)O)c2ccccc2c1. The minimum Gasteiger partial charge on any atom is -0.478 e. The van der Waals surface area contributed by atoms with Gasteiger partial charge in [0.05, 0.1) is 16.8 Å². The molecule has 0 aliphatic rings. The van der Waals surface area contributed by atoms with Crippen LogP contribution in [0.1, 0.15) is 20.7 Å². The van der Waals surface area contributed by atoms with Gasteiger partial charge in [0.2, 0.25) is 0 Å². The predicted octanol–water partition coefficient (Wildman–Crippen LogP) is 3.61. The summed E-state index contributed by atoms with van der Waals surface area (Å²) in [6.45, 7) is 0. The zero-order valence-corrected chi connectivity index (χ0v) is 17.2. The molecule has 0 saturated heterocycles. The molecular weight excluding hydrogens is 436 g/mol.